The predicted molar refractivity (Wildman–Crippen MR) is 54.5 cm³/mol. The van der Waals surface area contributed by atoms with Crippen molar-refractivity contribution < 1.29 is 9.53 Å². The maximum absolute atomic E-state index is 10.6. The Kier molecular flexibility index (Phi) is 3.75. The van der Waals surface area contributed by atoms with Gasteiger partial charge in [0.05, 0.1) is 0 Å². The van der Waals surface area contributed by atoms with Crippen molar-refractivity contribution in [1.82, 2.24) is 0 Å². The fourth-order valence-corrected chi connectivity index (χ4v) is 0.985. The average Bonchev–Trinajstić information content (AvgIpc) is 2.15. The smallest absolute Gasteiger partial charge is 0.303 e. The Balaban J connectivity index is 2.60. The first-order valence-electron chi connectivity index (χ1n) is 4.42. The van der Waals surface area contributed by atoms with Crippen LogP contribution in [0.5, 0.6) is 0 Å². The monoisotopic (exact) mass is 188 g/mol. The number of rotatable bonds is 1. The van der Waals surface area contributed by atoms with Crippen molar-refractivity contribution in [2.45, 2.75) is 20.0 Å². The summed E-state index contributed by atoms with van der Waals surface area (Å²) >= 11 is 0. The van der Waals surface area contributed by atoms with Crippen LogP contribution in [0.2, 0.25) is 0 Å². The first-order chi connectivity index (χ1) is 6.68. The molecule has 0 aliphatic rings. The first-order valence-corrected chi connectivity index (χ1v) is 4.42. The minimum absolute atomic E-state index is 0.306. The number of ether oxygens (including phenoxy) is 1. The minimum atomic E-state index is -0.354. The van der Waals surface area contributed by atoms with Crippen LogP contribution in [0.25, 0.3) is 0 Å². The van der Waals surface area contributed by atoms with E-state index in [4.69, 9.17) is 4.74 Å². The van der Waals surface area contributed by atoms with Gasteiger partial charge in [-0.25, -0.2) is 0 Å². The highest BCUT2D eigenvalue weighted by Gasteiger charge is 1.98. The Morgan fingerprint density at radius 3 is 2.57 bits per heavy atom. The molecule has 0 saturated carbocycles. The molecule has 0 heterocycles. The zero-order valence-electron chi connectivity index (χ0n) is 8.28. The Morgan fingerprint density at radius 2 is 2.00 bits per heavy atom. The number of esters is 1. The van der Waals surface area contributed by atoms with Crippen LogP contribution in [0.3, 0.4) is 0 Å². The molecular formula is C12H12O2. The molecule has 72 valence electrons. The van der Waals surface area contributed by atoms with Crippen molar-refractivity contribution in [3.05, 3.63) is 35.9 Å². The van der Waals surface area contributed by atoms with Gasteiger partial charge in [0.2, 0.25) is 0 Å². The lowest BCUT2D eigenvalue weighted by atomic mass is 10.2. The second-order valence-electron chi connectivity index (χ2n) is 2.89. The molecular weight excluding hydrogens is 176 g/mol. The van der Waals surface area contributed by atoms with Gasteiger partial charge in [-0.2, -0.15) is 0 Å². The summed E-state index contributed by atoms with van der Waals surface area (Å²) in [7, 11) is 0. The van der Waals surface area contributed by atoms with E-state index in [0.29, 0.717) is 0 Å². The lowest BCUT2D eigenvalue weighted by Gasteiger charge is -2.02. The van der Waals surface area contributed by atoms with Gasteiger partial charge in [0, 0.05) is 12.5 Å². The van der Waals surface area contributed by atoms with E-state index in [-0.39, 0.29) is 12.1 Å². The minimum Gasteiger partial charge on any atom is -0.450 e. The van der Waals surface area contributed by atoms with Crippen molar-refractivity contribution in [3.63, 3.8) is 0 Å². The molecule has 0 aromatic heterocycles. The SMILES string of the molecule is CC(=O)OC(C)C#Cc1ccccc1. The summed E-state index contributed by atoms with van der Waals surface area (Å²) in [5, 5.41) is 0. The number of hydrogen-bond donors (Lipinski definition) is 0. The zero-order chi connectivity index (χ0) is 10.4. The van der Waals surface area contributed by atoms with Gasteiger partial charge in [0.15, 0.2) is 6.10 Å². The van der Waals surface area contributed by atoms with E-state index >= 15 is 0 Å². The van der Waals surface area contributed by atoms with Gasteiger partial charge in [-0.15, -0.1) is 0 Å². The second-order valence-corrected chi connectivity index (χ2v) is 2.89. The Morgan fingerprint density at radius 1 is 1.36 bits per heavy atom. The average molecular weight is 188 g/mol. The number of carbonyl (C=O) groups excluding carboxylic acids is 1. The second kappa shape index (κ2) is 5.08. The molecule has 0 amide bonds. The lowest BCUT2D eigenvalue weighted by molar-refractivity contribution is -0.143. The summed E-state index contributed by atoms with van der Waals surface area (Å²) in [6.07, 6.45) is -0.354. The first kappa shape index (κ1) is 10.3. The molecule has 1 rings (SSSR count). The van der Waals surface area contributed by atoms with Crippen LogP contribution in [-0.4, -0.2) is 12.1 Å². The van der Waals surface area contributed by atoms with Crippen LogP contribution < -0.4 is 0 Å². The molecule has 0 radical (unpaired) electrons. The predicted octanol–water partition coefficient (Wildman–Crippen LogP) is 1.99. The largest absolute Gasteiger partial charge is 0.450 e. The highest BCUT2D eigenvalue weighted by molar-refractivity contribution is 5.66. The molecule has 1 atom stereocenters. The molecule has 1 aromatic rings. The highest BCUT2D eigenvalue weighted by Crippen LogP contribution is 1.96. The quantitative estimate of drug-likeness (QED) is 0.497. The molecule has 0 aliphatic heterocycles. The van der Waals surface area contributed by atoms with Crippen molar-refractivity contribution >= 4 is 5.97 Å². The summed E-state index contributed by atoms with van der Waals surface area (Å²) in [5.74, 6) is 5.45. The molecule has 14 heavy (non-hydrogen) atoms. The molecule has 1 aromatic carbocycles. The topological polar surface area (TPSA) is 26.3 Å². The van der Waals surface area contributed by atoms with Gasteiger partial charge >= 0.3 is 5.97 Å². The van der Waals surface area contributed by atoms with Crippen molar-refractivity contribution in [2.24, 2.45) is 0 Å². The lowest BCUT2D eigenvalue weighted by Crippen LogP contribution is -2.09. The third-order valence-corrected chi connectivity index (χ3v) is 1.54. The molecule has 0 aliphatic carbocycles. The number of carbonyl (C=O) groups is 1. The molecule has 0 bridgehead atoms. The third-order valence-electron chi connectivity index (χ3n) is 1.54. The summed E-state index contributed by atoms with van der Waals surface area (Å²) < 4.78 is 4.86. The van der Waals surface area contributed by atoms with Gasteiger partial charge < -0.3 is 4.74 Å². The molecule has 0 N–H and O–H groups in total. The number of hydrogen-bond acceptors (Lipinski definition) is 2. The van der Waals surface area contributed by atoms with Crippen LogP contribution >= 0.6 is 0 Å². The fourth-order valence-electron chi connectivity index (χ4n) is 0.985. The molecule has 2 nitrogen and oxygen atoms in total. The summed E-state index contributed by atoms with van der Waals surface area (Å²) in [5.41, 5.74) is 0.923. The Bertz CT molecular complexity index is 357. The Labute approximate surface area is 83.9 Å². The molecule has 0 fully saturated rings. The van der Waals surface area contributed by atoms with Gasteiger partial charge in [-0.05, 0) is 19.1 Å². The van der Waals surface area contributed by atoms with Gasteiger partial charge in [0.1, 0.15) is 0 Å². The van der Waals surface area contributed by atoms with Crippen molar-refractivity contribution in [3.8, 4) is 11.8 Å². The fraction of sp³-hybridized carbons (Fsp3) is 0.250. The molecule has 0 saturated heterocycles. The molecule has 0 spiro atoms. The van der Waals surface area contributed by atoms with Crippen LogP contribution in [-0.2, 0) is 9.53 Å². The van der Waals surface area contributed by atoms with E-state index in [2.05, 4.69) is 11.8 Å². The van der Waals surface area contributed by atoms with Crippen LogP contribution in [0.1, 0.15) is 19.4 Å². The van der Waals surface area contributed by atoms with Crippen LogP contribution in [0, 0.1) is 11.8 Å². The zero-order valence-corrected chi connectivity index (χ0v) is 8.28. The number of benzene rings is 1. The Hall–Kier alpha value is -1.75. The maximum Gasteiger partial charge on any atom is 0.303 e. The normalized spacial score (nSPS) is 11.0. The molecule has 1 unspecified atom stereocenters. The van der Waals surface area contributed by atoms with Gasteiger partial charge in [-0.3, -0.25) is 4.79 Å². The highest BCUT2D eigenvalue weighted by atomic mass is 16.5. The van der Waals surface area contributed by atoms with E-state index in [9.17, 15) is 4.79 Å². The van der Waals surface area contributed by atoms with Crippen LogP contribution in [0.4, 0.5) is 0 Å². The van der Waals surface area contributed by atoms with Gasteiger partial charge in [0.25, 0.3) is 0 Å². The van der Waals surface area contributed by atoms with Crippen molar-refractivity contribution in [1.29, 1.82) is 0 Å². The standard InChI is InChI=1S/C12H12O2/c1-10(14-11(2)13)8-9-12-6-4-3-5-7-12/h3-7,10H,1-2H3. The van der Waals surface area contributed by atoms with E-state index in [1.807, 2.05) is 30.3 Å². The third kappa shape index (κ3) is 3.77. The van der Waals surface area contributed by atoms with E-state index in [1.54, 1.807) is 6.92 Å². The summed E-state index contributed by atoms with van der Waals surface area (Å²) in [4.78, 5) is 10.6. The summed E-state index contributed by atoms with van der Waals surface area (Å²) in [6.45, 7) is 3.12. The van der Waals surface area contributed by atoms with E-state index < -0.39 is 0 Å². The molecule has 2 heteroatoms. The summed E-state index contributed by atoms with van der Waals surface area (Å²) in [6, 6.07) is 9.59. The van der Waals surface area contributed by atoms with Crippen molar-refractivity contribution in [2.75, 3.05) is 0 Å². The maximum atomic E-state index is 10.6. The van der Waals surface area contributed by atoms with E-state index in [1.165, 1.54) is 6.92 Å². The van der Waals surface area contributed by atoms with Crippen LogP contribution in [0.15, 0.2) is 30.3 Å². The van der Waals surface area contributed by atoms with Gasteiger partial charge in [-0.1, -0.05) is 30.0 Å². The van der Waals surface area contributed by atoms with E-state index in [0.717, 1.165) is 5.56 Å².